The fourth-order valence-corrected chi connectivity index (χ4v) is 3.84. The van der Waals surface area contributed by atoms with Crippen molar-refractivity contribution >= 4 is 46.6 Å². The summed E-state index contributed by atoms with van der Waals surface area (Å²) in [7, 11) is 0. The van der Waals surface area contributed by atoms with Gasteiger partial charge < -0.3 is 9.80 Å². The number of halogens is 5. The molecule has 0 radical (unpaired) electrons. The maximum absolute atomic E-state index is 14.2. The number of nitrogens with one attached hydrogen (secondary N) is 1. The minimum absolute atomic E-state index is 0.0302. The number of hydrogen-bond donors (Lipinski definition) is 1. The Bertz CT molecular complexity index is 1060. The van der Waals surface area contributed by atoms with E-state index >= 15 is 0 Å². The number of rotatable bonds is 4. The highest BCUT2D eigenvalue weighted by molar-refractivity contribution is 7.80. The molecule has 1 fully saturated rings. The van der Waals surface area contributed by atoms with Gasteiger partial charge in [0, 0.05) is 32.3 Å². The van der Waals surface area contributed by atoms with Crippen LogP contribution in [-0.2, 0) is 4.79 Å². The van der Waals surface area contributed by atoms with Crippen molar-refractivity contribution in [1.82, 2.24) is 10.2 Å². The quantitative estimate of drug-likeness (QED) is 0.205. The molecule has 33 heavy (non-hydrogen) atoms. The molecule has 10 heteroatoms. The third-order valence-electron chi connectivity index (χ3n) is 5.33. The maximum Gasteiger partial charge on any atom is 0.250 e. The topological polar surface area (TPSA) is 35.6 Å². The van der Waals surface area contributed by atoms with Gasteiger partial charge in [-0.2, -0.15) is 0 Å². The van der Waals surface area contributed by atoms with Crippen LogP contribution in [0, 0.1) is 23.3 Å². The average molecular weight is 500 g/mol. The SMILES string of the molecule is CC(C)c1ccc(/C=C/C(=O)NC(=S)N2CCN(c3c(F)c(F)c(Cl)c(F)c3F)CC2)cc1. The molecule has 1 aliphatic heterocycles. The molecule has 2 aromatic rings. The zero-order valence-electron chi connectivity index (χ0n) is 18.0. The highest BCUT2D eigenvalue weighted by Crippen LogP contribution is 2.33. The number of amides is 1. The lowest BCUT2D eigenvalue weighted by atomic mass is 10.0. The molecule has 1 heterocycles. The van der Waals surface area contributed by atoms with Crippen LogP contribution in [0.2, 0.25) is 5.02 Å². The van der Waals surface area contributed by atoms with Crippen molar-refractivity contribution in [2.24, 2.45) is 0 Å². The fourth-order valence-electron chi connectivity index (χ4n) is 3.39. The van der Waals surface area contributed by atoms with E-state index in [2.05, 4.69) is 19.2 Å². The molecule has 1 aliphatic rings. The summed E-state index contributed by atoms with van der Waals surface area (Å²) < 4.78 is 55.9. The number of piperazine rings is 1. The van der Waals surface area contributed by atoms with Crippen LogP contribution in [-0.4, -0.2) is 42.1 Å². The summed E-state index contributed by atoms with van der Waals surface area (Å²) in [5.74, 6) is -6.38. The first-order valence-electron chi connectivity index (χ1n) is 10.2. The van der Waals surface area contributed by atoms with Gasteiger partial charge in [-0.05, 0) is 35.3 Å². The molecule has 0 aromatic heterocycles. The molecule has 1 N–H and O–H groups in total. The third kappa shape index (κ3) is 5.65. The highest BCUT2D eigenvalue weighted by Gasteiger charge is 2.30. The normalized spacial score (nSPS) is 14.3. The van der Waals surface area contributed by atoms with Crippen LogP contribution in [0.4, 0.5) is 23.2 Å². The third-order valence-corrected chi connectivity index (χ3v) is 6.02. The predicted octanol–water partition coefficient (Wildman–Crippen LogP) is 5.26. The average Bonchev–Trinajstić information content (AvgIpc) is 2.81. The van der Waals surface area contributed by atoms with Gasteiger partial charge in [0.1, 0.15) is 10.7 Å². The molecular formula is C23H22ClF4N3OS. The molecule has 0 saturated carbocycles. The minimum atomic E-state index is -1.64. The zero-order valence-corrected chi connectivity index (χ0v) is 19.5. The summed E-state index contributed by atoms with van der Waals surface area (Å²) in [6, 6.07) is 7.82. The van der Waals surface area contributed by atoms with Crippen molar-refractivity contribution < 1.29 is 22.4 Å². The summed E-state index contributed by atoms with van der Waals surface area (Å²) >= 11 is 10.5. The Labute approximate surface area is 199 Å². The van der Waals surface area contributed by atoms with E-state index in [0.29, 0.717) is 5.92 Å². The number of nitrogens with zero attached hydrogens (tertiary/aromatic N) is 2. The van der Waals surface area contributed by atoms with Gasteiger partial charge in [0.15, 0.2) is 28.4 Å². The van der Waals surface area contributed by atoms with Crippen LogP contribution in [0.5, 0.6) is 0 Å². The maximum atomic E-state index is 14.2. The largest absolute Gasteiger partial charge is 0.363 e. The van der Waals surface area contributed by atoms with Gasteiger partial charge in [-0.1, -0.05) is 49.7 Å². The summed E-state index contributed by atoms with van der Waals surface area (Å²) in [4.78, 5) is 15.0. The predicted molar refractivity (Wildman–Crippen MR) is 125 cm³/mol. The van der Waals surface area contributed by atoms with Gasteiger partial charge in [-0.25, -0.2) is 17.6 Å². The molecule has 0 unspecified atom stereocenters. The molecule has 0 spiro atoms. The molecule has 2 aromatic carbocycles. The van der Waals surface area contributed by atoms with E-state index in [-0.39, 0.29) is 31.3 Å². The Morgan fingerprint density at radius 3 is 2.06 bits per heavy atom. The summed E-state index contributed by atoms with van der Waals surface area (Å²) in [6.07, 6.45) is 3.02. The van der Waals surface area contributed by atoms with E-state index in [9.17, 15) is 22.4 Å². The van der Waals surface area contributed by atoms with Gasteiger partial charge in [0.05, 0.1) is 0 Å². The van der Waals surface area contributed by atoms with Crippen LogP contribution in [0.1, 0.15) is 30.9 Å². The molecule has 0 aliphatic carbocycles. The second-order valence-electron chi connectivity index (χ2n) is 7.84. The first-order valence-corrected chi connectivity index (χ1v) is 11.0. The van der Waals surface area contributed by atoms with Crippen molar-refractivity contribution in [3.05, 3.63) is 69.8 Å². The minimum Gasteiger partial charge on any atom is -0.363 e. The van der Waals surface area contributed by atoms with Crippen LogP contribution < -0.4 is 10.2 Å². The lowest BCUT2D eigenvalue weighted by Crippen LogP contribution is -2.53. The van der Waals surface area contributed by atoms with Crippen molar-refractivity contribution in [1.29, 1.82) is 0 Å². The van der Waals surface area contributed by atoms with Crippen LogP contribution in [0.15, 0.2) is 30.3 Å². The van der Waals surface area contributed by atoms with Crippen molar-refractivity contribution in [2.45, 2.75) is 19.8 Å². The Morgan fingerprint density at radius 1 is 1.00 bits per heavy atom. The molecule has 4 nitrogen and oxygen atoms in total. The van der Waals surface area contributed by atoms with Gasteiger partial charge in [-0.3, -0.25) is 10.1 Å². The second kappa shape index (κ2) is 10.5. The Morgan fingerprint density at radius 2 is 1.55 bits per heavy atom. The van der Waals surface area contributed by atoms with Crippen LogP contribution in [0.3, 0.4) is 0 Å². The van der Waals surface area contributed by atoms with Crippen molar-refractivity contribution in [3.63, 3.8) is 0 Å². The highest BCUT2D eigenvalue weighted by atomic mass is 35.5. The van der Waals surface area contributed by atoms with Gasteiger partial charge in [0.25, 0.3) is 0 Å². The van der Waals surface area contributed by atoms with E-state index in [1.54, 1.807) is 11.0 Å². The van der Waals surface area contributed by atoms with E-state index in [1.807, 2.05) is 24.3 Å². The van der Waals surface area contributed by atoms with Gasteiger partial charge >= 0.3 is 0 Å². The molecular weight excluding hydrogens is 478 g/mol. The van der Waals surface area contributed by atoms with Gasteiger partial charge in [0.2, 0.25) is 5.91 Å². The number of carbonyl (C=O) groups is 1. The number of hydrogen-bond acceptors (Lipinski definition) is 3. The molecule has 1 saturated heterocycles. The fraction of sp³-hybridized carbons (Fsp3) is 0.304. The van der Waals surface area contributed by atoms with Crippen LogP contribution >= 0.6 is 23.8 Å². The first kappa shape index (κ1) is 25.0. The smallest absolute Gasteiger partial charge is 0.250 e. The molecule has 0 atom stereocenters. The Kier molecular flexibility index (Phi) is 7.97. The van der Waals surface area contributed by atoms with E-state index in [1.165, 1.54) is 16.5 Å². The monoisotopic (exact) mass is 499 g/mol. The number of carbonyl (C=O) groups excluding carboxylic acids is 1. The second-order valence-corrected chi connectivity index (χ2v) is 8.61. The Hall–Kier alpha value is -2.65. The molecule has 3 rings (SSSR count). The number of thiocarbonyl (C=S) groups is 1. The lowest BCUT2D eigenvalue weighted by Gasteiger charge is -2.37. The van der Waals surface area contributed by atoms with Crippen LogP contribution in [0.25, 0.3) is 6.08 Å². The van der Waals surface area contributed by atoms with Crippen molar-refractivity contribution in [3.8, 4) is 0 Å². The van der Waals surface area contributed by atoms with E-state index in [0.717, 1.165) is 5.56 Å². The lowest BCUT2D eigenvalue weighted by molar-refractivity contribution is -0.115. The summed E-state index contributed by atoms with van der Waals surface area (Å²) in [5, 5.41) is 1.51. The first-order chi connectivity index (χ1) is 15.6. The Balaban J connectivity index is 1.57. The van der Waals surface area contributed by atoms with Gasteiger partial charge in [-0.15, -0.1) is 0 Å². The molecule has 176 valence electrons. The summed E-state index contributed by atoms with van der Waals surface area (Å²) in [5.41, 5.74) is 1.25. The zero-order chi connectivity index (χ0) is 24.3. The van der Waals surface area contributed by atoms with Crippen molar-refractivity contribution in [2.75, 3.05) is 31.1 Å². The molecule has 0 bridgehead atoms. The standard InChI is InChI=1S/C23H22ClF4N3OS/c1-13(2)15-6-3-14(4-7-15)5-8-16(32)29-23(33)31-11-9-30(10-12-31)22-20(27)18(25)17(24)19(26)21(22)28/h3-8,13H,9-12H2,1-2H3,(H,29,32,33)/b8-5+. The number of anilines is 1. The van der Waals surface area contributed by atoms with E-state index < -0.39 is 39.9 Å². The molecule has 1 amide bonds. The van der Waals surface area contributed by atoms with E-state index in [4.69, 9.17) is 23.8 Å². The summed E-state index contributed by atoms with van der Waals surface area (Å²) in [6.45, 7) is 4.62. The number of benzene rings is 2.